The van der Waals surface area contributed by atoms with Gasteiger partial charge < -0.3 is 15.7 Å². The van der Waals surface area contributed by atoms with Crippen LogP contribution in [0.25, 0.3) is 0 Å². The molecule has 0 heterocycles. The Bertz CT molecular complexity index is 711. The molecule has 122 valence electrons. The molecule has 0 fully saturated rings. The lowest BCUT2D eigenvalue weighted by Crippen LogP contribution is -2.19. The molecular weight excluding hydrogens is 445 g/mol. The Labute approximate surface area is 146 Å². The number of rotatable bonds is 2. The van der Waals surface area contributed by atoms with Gasteiger partial charge in [-0.2, -0.15) is 13.2 Å². The summed E-state index contributed by atoms with van der Waals surface area (Å²) in [5, 5.41) is 14.5. The molecule has 0 unspecified atom stereocenters. The maximum Gasteiger partial charge on any atom is 0.416 e. The quantitative estimate of drug-likeness (QED) is 0.520. The van der Waals surface area contributed by atoms with Gasteiger partial charge in [-0.05, 0) is 68.3 Å². The van der Waals surface area contributed by atoms with Gasteiger partial charge in [-0.3, -0.25) is 0 Å². The van der Waals surface area contributed by atoms with Crippen molar-refractivity contribution in [3.05, 3.63) is 50.9 Å². The van der Waals surface area contributed by atoms with Gasteiger partial charge in [0.1, 0.15) is 5.75 Å². The Morgan fingerprint density at radius 2 is 1.43 bits per heavy atom. The summed E-state index contributed by atoms with van der Waals surface area (Å²) in [4.78, 5) is 11.8. The van der Waals surface area contributed by atoms with Crippen molar-refractivity contribution in [2.24, 2.45) is 0 Å². The molecule has 0 bridgehead atoms. The lowest BCUT2D eigenvalue weighted by Gasteiger charge is -2.11. The van der Waals surface area contributed by atoms with E-state index in [1.165, 1.54) is 12.1 Å². The fraction of sp³-hybridized carbons (Fsp3) is 0.0714. The van der Waals surface area contributed by atoms with Gasteiger partial charge in [-0.1, -0.05) is 0 Å². The number of alkyl halides is 3. The molecule has 9 heteroatoms. The molecule has 0 saturated carbocycles. The maximum absolute atomic E-state index is 12.4. The van der Waals surface area contributed by atoms with Crippen LogP contribution in [-0.2, 0) is 6.18 Å². The summed E-state index contributed by atoms with van der Waals surface area (Å²) in [5.74, 6) is -0.0151. The molecule has 0 aromatic heterocycles. The predicted molar refractivity (Wildman–Crippen MR) is 87.6 cm³/mol. The molecular formula is C14H9Br2F3N2O2. The molecule has 4 nitrogen and oxygen atoms in total. The van der Waals surface area contributed by atoms with Gasteiger partial charge >= 0.3 is 12.2 Å². The monoisotopic (exact) mass is 452 g/mol. The largest absolute Gasteiger partial charge is 0.506 e. The summed E-state index contributed by atoms with van der Waals surface area (Å²) in [6.45, 7) is 0. The molecule has 0 aliphatic heterocycles. The topological polar surface area (TPSA) is 61.4 Å². The van der Waals surface area contributed by atoms with Gasteiger partial charge in [0.05, 0.1) is 14.5 Å². The first kappa shape index (κ1) is 17.6. The van der Waals surface area contributed by atoms with Gasteiger partial charge in [0, 0.05) is 11.4 Å². The van der Waals surface area contributed by atoms with Crippen LogP contribution in [0.5, 0.6) is 5.75 Å². The number of anilines is 2. The first-order valence-corrected chi connectivity index (χ1v) is 7.68. The van der Waals surface area contributed by atoms with E-state index < -0.39 is 17.8 Å². The SMILES string of the molecule is O=C(Nc1ccc(C(F)(F)F)cc1)Nc1cc(Br)c(O)c(Br)c1. The number of phenols is 1. The Morgan fingerprint density at radius 3 is 1.91 bits per heavy atom. The zero-order valence-corrected chi connectivity index (χ0v) is 14.4. The number of carbonyl (C=O) groups is 1. The number of halogens is 5. The van der Waals surface area contributed by atoms with E-state index in [0.29, 0.717) is 14.6 Å². The first-order valence-electron chi connectivity index (χ1n) is 6.10. The van der Waals surface area contributed by atoms with Crippen molar-refractivity contribution in [1.29, 1.82) is 0 Å². The number of hydrogen-bond donors (Lipinski definition) is 3. The Morgan fingerprint density at radius 1 is 0.957 bits per heavy atom. The number of benzene rings is 2. The van der Waals surface area contributed by atoms with E-state index in [1.807, 2.05) is 0 Å². The number of phenolic OH excluding ortho intramolecular Hbond substituents is 1. The van der Waals surface area contributed by atoms with E-state index in [9.17, 15) is 23.1 Å². The zero-order chi connectivity index (χ0) is 17.2. The van der Waals surface area contributed by atoms with Crippen LogP contribution >= 0.6 is 31.9 Å². The minimum Gasteiger partial charge on any atom is -0.506 e. The summed E-state index contributed by atoms with van der Waals surface area (Å²) in [6.07, 6.45) is -4.43. The normalized spacial score (nSPS) is 11.2. The van der Waals surface area contributed by atoms with Crippen LogP contribution in [0.15, 0.2) is 45.3 Å². The van der Waals surface area contributed by atoms with Gasteiger partial charge in [0.15, 0.2) is 0 Å². The summed E-state index contributed by atoms with van der Waals surface area (Å²) >= 11 is 6.24. The van der Waals surface area contributed by atoms with Crippen molar-refractivity contribution in [2.45, 2.75) is 6.18 Å². The summed E-state index contributed by atoms with van der Waals surface area (Å²) in [6, 6.07) is 6.40. The van der Waals surface area contributed by atoms with Gasteiger partial charge in [0.25, 0.3) is 0 Å². The fourth-order valence-corrected chi connectivity index (χ4v) is 2.86. The highest BCUT2D eigenvalue weighted by molar-refractivity contribution is 9.11. The number of aromatic hydroxyl groups is 1. The summed E-state index contributed by atoms with van der Waals surface area (Å²) < 4.78 is 38.1. The maximum atomic E-state index is 12.4. The first-order chi connectivity index (χ1) is 10.7. The third kappa shape index (κ3) is 4.61. The molecule has 2 amide bonds. The highest BCUT2D eigenvalue weighted by Crippen LogP contribution is 2.35. The van der Waals surface area contributed by atoms with Crippen molar-refractivity contribution in [1.82, 2.24) is 0 Å². The van der Waals surface area contributed by atoms with Crippen LogP contribution in [0.3, 0.4) is 0 Å². The van der Waals surface area contributed by atoms with Crippen molar-refractivity contribution in [3.63, 3.8) is 0 Å². The van der Waals surface area contributed by atoms with Crippen LogP contribution < -0.4 is 10.6 Å². The van der Waals surface area contributed by atoms with Crippen LogP contribution in [0, 0.1) is 0 Å². The standard InChI is InChI=1S/C14H9Br2F3N2O2/c15-10-5-9(6-11(16)12(10)22)21-13(23)20-8-3-1-7(2-4-8)14(17,18)19/h1-6,22H,(H2,20,21,23). The Balaban J connectivity index is 2.05. The van der Waals surface area contributed by atoms with Crippen LogP contribution in [-0.4, -0.2) is 11.1 Å². The van der Waals surface area contributed by atoms with Crippen molar-refractivity contribution < 1.29 is 23.1 Å². The third-order valence-electron chi connectivity index (χ3n) is 2.74. The highest BCUT2D eigenvalue weighted by atomic mass is 79.9. The van der Waals surface area contributed by atoms with E-state index in [-0.39, 0.29) is 11.4 Å². The van der Waals surface area contributed by atoms with E-state index in [0.717, 1.165) is 24.3 Å². The minimum atomic E-state index is -4.43. The molecule has 2 aromatic carbocycles. The second-order valence-corrected chi connectivity index (χ2v) is 6.15. The van der Waals surface area contributed by atoms with E-state index in [1.54, 1.807) is 0 Å². The smallest absolute Gasteiger partial charge is 0.416 e. The lowest BCUT2D eigenvalue weighted by molar-refractivity contribution is -0.137. The summed E-state index contributed by atoms with van der Waals surface area (Å²) in [7, 11) is 0. The van der Waals surface area contributed by atoms with E-state index in [2.05, 4.69) is 42.5 Å². The predicted octanol–water partition coefficient (Wildman–Crippen LogP) is 5.58. The Kier molecular flexibility index (Phi) is 5.20. The van der Waals surface area contributed by atoms with Crippen LogP contribution in [0.1, 0.15) is 5.56 Å². The molecule has 0 spiro atoms. The highest BCUT2D eigenvalue weighted by Gasteiger charge is 2.29. The van der Waals surface area contributed by atoms with Crippen LogP contribution in [0.2, 0.25) is 0 Å². The molecule has 0 saturated heterocycles. The fourth-order valence-electron chi connectivity index (χ4n) is 1.67. The third-order valence-corrected chi connectivity index (χ3v) is 3.95. The molecule has 0 radical (unpaired) electrons. The van der Waals surface area contributed by atoms with Crippen molar-refractivity contribution in [2.75, 3.05) is 10.6 Å². The Hall–Kier alpha value is -1.74. The molecule has 2 rings (SSSR count). The average Bonchev–Trinajstić information content (AvgIpc) is 2.44. The number of urea groups is 1. The summed E-state index contributed by atoms with van der Waals surface area (Å²) in [5.41, 5.74) is -0.201. The van der Waals surface area contributed by atoms with Gasteiger partial charge in [-0.25, -0.2) is 4.79 Å². The molecule has 3 N–H and O–H groups in total. The van der Waals surface area contributed by atoms with E-state index in [4.69, 9.17) is 0 Å². The molecule has 23 heavy (non-hydrogen) atoms. The lowest BCUT2D eigenvalue weighted by atomic mass is 10.2. The number of carbonyl (C=O) groups excluding carboxylic acids is 1. The average molecular weight is 454 g/mol. The number of nitrogens with one attached hydrogen (secondary N) is 2. The van der Waals surface area contributed by atoms with Crippen molar-refractivity contribution in [3.8, 4) is 5.75 Å². The molecule has 0 atom stereocenters. The zero-order valence-electron chi connectivity index (χ0n) is 11.2. The molecule has 0 aliphatic carbocycles. The molecule has 0 aliphatic rings. The van der Waals surface area contributed by atoms with Crippen LogP contribution in [0.4, 0.5) is 29.3 Å². The minimum absolute atomic E-state index is 0.0151. The van der Waals surface area contributed by atoms with E-state index >= 15 is 0 Å². The number of hydrogen-bond acceptors (Lipinski definition) is 2. The van der Waals surface area contributed by atoms with Gasteiger partial charge in [0.2, 0.25) is 0 Å². The second-order valence-electron chi connectivity index (χ2n) is 4.44. The van der Waals surface area contributed by atoms with Crippen molar-refractivity contribution >= 4 is 49.3 Å². The number of amides is 2. The molecule has 2 aromatic rings. The van der Waals surface area contributed by atoms with Gasteiger partial charge in [-0.15, -0.1) is 0 Å². The second kappa shape index (κ2) is 6.79.